The first-order chi connectivity index (χ1) is 13.5. The van der Waals surface area contributed by atoms with Crippen molar-refractivity contribution in [3.05, 3.63) is 66.7 Å². The molecule has 2 N–H and O–H groups in total. The number of nitrogens with one attached hydrogen (secondary N) is 2. The van der Waals surface area contributed by atoms with E-state index in [-0.39, 0.29) is 10.8 Å². The maximum Gasteiger partial charge on any atom is 0.255 e. The molecule has 0 radical (unpaired) electrons. The smallest absolute Gasteiger partial charge is 0.255 e. The summed E-state index contributed by atoms with van der Waals surface area (Å²) in [5.74, 6) is -0.335. The summed E-state index contributed by atoms with van der Waals surface area (Å²) in [4.78, 5) is 16.5. The quantitative estimate of drug-likeness (QED) is 0.566. The number of amides is 1. The molecular weight excluding hydrogens is 378 g/mol. The highest BCUT2D eigenvalue weighted by Gasteiger charge is 2.14. The van der Waals surface area contributed by atoms with Crippen LogP contribution in [0.15, 0.2) is 66.1 Å². The molecule has 0 saturated carbocycles. The number of nitrogens with zero attached hydrogens (tertiary/aromatic N) is 3. The summed E-state index contributed by atoms with van der Waals surface area (Å²) in [5.41, 5.74) is 1.63. The van der Waals surface area contributed by atoms with Gasteiger partial charge in [0.1, 0.15) is 12.7 Å². The molecule has 3 aromatic rings. The Hall–Kier alpha value is -3.04. The van der Waals surface area contributed by atoms with E-state index in [9.17, 15) is 13.2 Å². The highest BCUT2D eigenvalue weighted by molar-refractivity contribution is 7.89. The van der Waals surface area contributed by atoms with Crippen LogP contribution in [0.1, 0.15) is 30.1 Å². The monoisotopic (exact) mass is 399 g/mol. The fourth-order valence-electron chi connectivity index (χ4n) is 2.52. The zero-order valence-corrected chi connectivity index (χ0v) is 16.2. The van der Waals surface area contributed by atoms with Gasteiger partial charge in [-0.05, 0) is 48.9 Å². The van der Waals surface area contributed by atoms with Gasteiger partial charge in [0.05, 0.1) is 10.6 Å². The Kier molecular flexibility index (Phi) is 6.17. The summed E-state index contributed by atoms with van der Waals surface area (Å²) < 4.78 is 28.8. The van der Waals surface area contributed by atoms with E-state index in [1.54, 1.807) is 47.4 Å². The first kappa shape index (κ1) is 19.7. The van der Waals surface area contributed by atoms with Gasteiger partial charge in [-0.3, -0.25) is 4.79 Å². The van der Waals surface area contributed by atoms with Crippen molar-refractivity contribution >= 4 is 21.6 Å². The van der Waals surface area contributed by atoms with Gasteiger partial charge in [-0.15, -0.1) is 0 Å². The minimum Gasteiger partial charge on any atom is -0.322 e. The molecule has 0 aliphatic carbocycles. The molecule has 0 saturated heterocycles. The van der Waals surface area contributed by atoms with Crippen LogP contribution < -0.4 is 10.0 Å². The van der Waals surface area contributed by atoms with Crippen LogP contribution in [-0.4, -0.2) is 35.6 Å². The lowest BCUT2D eigenvalue weighted by atomic mass is 10.2. The molecule has 0 fully saturated rings. The Labute approximate surface area is 163 Å². The molecule has 9 heteroatoms. The van der Waals surface area contributed by atoms with E-state index >= 15 is 0 Å². The lowest BCUT2D eigenvalue weighted by Gasteiger charge is -2.10. The lowest BCUT2D eigenvalue weighted by Crippen LogP contribution is -2.24. The van der Waals surface area contributed by atoms with Crippen LogP contribution in [0.2, 0.25) is 0 Å². The maximum atomic E-state index is 12.5. The van der Waals surface area contributed by atoms with Crippen molar-refractivity contribution in [2.24, 2.45) is 0 Å². The summed E-state index contributed by atoms with van der Waals surface area (Å²) in [6.45, 7) is 2.37. The van der Waals surface area contributed by atoms with Crippen molar-refractivity contribution in [1.82, 2.24) is 19.5 Å². The van der Waals surface area contributed by atoms with E-state index < -0.39 is 10.0 Å². The topological polar surface area (TPSA) is 106 Å². The summed E-state index contributed by atoms with van der Waals surface area (Å²) in [6, 6.07) is 13.0. The van der Waals surface area contributed by atoms with Gasteiger partial charge in [0.2, 0.25) is 10.0 Å². The van der Waals surface area contributed by atoms with Crippen LogP contribution in [0.5, 0.6) is 0 Å². The van der Waals surface area contributed by atoms with Crippen LogP contribution in [0.4, 0.5) is 5.69 Å². The average Bonchev–Trinajstić information content (AvgIpc) is 3.23. The van der Waals surface area contributed by atoms with Crippen molar-refractivity contribution < 1.29 is 13.2 Å². The zero-order valence-electron chi connectivity index (χ0n) is 15.4. The van der Waals surface area contributed by atoms with Gasteiger partial charge in [0.25, 0.3) is 5.91 Å². The molecule has 2 aromatic carbocycles. The highest BCUT2D eigenvalue weighted by atomic mass is 32.2. The van der Waals surface area contributed by atoms with Gasteiger partial charge >= 0.3 is 0 Å². The molecule has 3 rings (SSSR count). The predicted octanol–water partition coefficient (Wildman–Crippen LogP) is 2.60. The third-order valence-electron chi connectivity index (χ3n) is 4.04. The summed E-state index contributed by atoms with van der Waals surface area (Å²) in [5, 5.41) is 6.76. The average molecular weight is 399 g/mol. The first-order valence-corrected chi connectivity index (χ1v) is 10.3. The molecule has 1 amide bonds. The Bertz CT molecular complexity index is 1030. The Morgan fingerprint density at radius 1 is 1.14 bits per heavy atom. The normalized spacial score (nSPS) is 11.3. The molecule has 0 spiro atoms. The number of aromatic nitrogens is 3. The molecule has 8 nitrogen and oxygen atoms in total. The van der Waals surface area contributed by atoms with E-state index in [1.807, 2.05) is 6.92 Å². The first-order valence-electron chi connectivity index (χ1n) is 8.86. The van der Waals surface area contributed by atoms with E-state index in [0.29, 0.717) is 17.8 Å². The van der Waals surface area contributed by atoms with Crippen molar-refractivity contribution in [2.75, 3.05) is 11.9 Å². The number of rotatable bonds is 8. The SMILES string of the molecule is CCCCNS(=O)(=O)c1cccc(NC(=O)c2ccc(-n3cncn3)cc2)c1. The molecule has 28 heavy (non-hydrogen) atoms. The largest absolute Gasteiger partial charge is 0.322 e. The van der Waals surface area contributed by atoms with E-state index in [4.69, 9.17) is 0 Å². The summed E-state index contributed by atoms with van der Waals surface area (Å²) in [6.07, 6.45) is 4.66. The summed E-state index contributed by atoms with van der Waals surface area (Å²) >= 11 is 0. The number of hydrogen-bond acceptors (Lipinski definition) is 5. The molecule has 0 aliphatic heterocycles. The molecule has 0 bridgehead atoms. The van der Waals surface area contributed by atoms with Crippen LogP contribution in [0.25, 0.3) is 5.69 Å². The summed E-state index contributed by atoms with van der Waals surface area (Å²) in [7, 11) is -3.60. The molecule has 0 atom stereocenters. The minimum absolute atomic E-state index is 0.114. The van der Waals surface area contributed by atoms with Crippen molar-refractivity contribution in [1.29, 1.82) is 0 Å². The molecule has 1 heterocycles. The van der Waals surface area contributed by atoms with Crippen LogP contribution in [0, 0.1) is 0 Å². The maximum absolute atomic E-state index is 12.5. The van der Waals surface area contributed by atoms with Gasteiger partial charge in [0, 0.05) is 17.8 Å². The zero-order chi connectivity index (χ0) is 20.0. The molecule has 1 aromatic heterocycles. The minimum atomic E-state index is -3.60. The second kappa shape index (κ2) is 8.77. The predicted molar refractivity (Wildman–Crippen MR) is 106 cm³/mol. The van der Waals surface area contributed by atoms with Gasteiger partial charge in [-0.1, -0.05) is 19.4 Å². The van der Waals surface area contributed by atoms with Gasteiger partial charge < -0.3 is 5.32 Å². The Morgan fingerprint density at radius 3 is 2.61 bits per heavy atom. The molecule has 0 unspecified atom stereocenters. The lowest BCUT2D eigenvalue weighted by molar-refractivity contribution is 0.102. The van der Waals surface area contributed by atoms with Crippen molar-refractivity contribution in [3.63, 3.8) is 0 Å². The van der Waals surface area contributed by atoms with E-state index in [0.717, 1.165) is 18.5 Å². The Balaban J connectivity index is 1.70. The number of sulfonamides is 1. The molecule has 146 valence electrons. The molecule has 0 aliphatic rings. The second-order valence-corrected chi connectivity index (χ2v) is 7.89. The fraction of sp³-hybridized carbons (Fsp3) is 0.211. The number of carbonyl (C=O) groups is 1. The number of benzene rings is 2. The number of unbranched alkanes of at least 4 members (excludes halogenated alkanes) is 1. The van der Waals surface area contributed by atoms with Crippen LogP contribution in [0.3, 0.4) is 0 Å². The number of carbonyl (C=O) groups excluding carboxylic acids is 1. The van der Waals surface area contributed by atoms with Crippen LogP contribution >= 0.6 is 0 Å². The van der Waals surface area contributed by atoms with Gasteiger partial charge in [0.15, 0.2) is 0 Å². The van der Waals surface area contributed by atoms with Crippen LogP contribution in [-0.2, 0) is 10.0 Å². The highest BCUT2D eigenvalue weighted by Crippen LogP contribution is 2.17. The van der Waals surface area contributed by atoms with E-state index in [2.05, 4.69) is 20.1 Å². The third-order valence-corrected chi connectivity index (χ3v) is 5.50. The number of hydrogen-bond donors (Lipinski definition) is 2. The van der Waals surface area contributed by atoms with Crippen molar-refractivity contribution in [3.8, 4) is 5.69 Å². The number of anilines is 1. The second-order valence-electron chi connectivity index (χ2n) is 6.12. The van der Waals surface area contributed by atoms with Crippen molar-refractivity contribution in [2.45, 2.75) is 24.7 Å². The molecular formula is C19H21N5O3S. The van der Waals surface area contributed by atoms with Gasteiger partial charge in [-0.25, -0.2) is 22.8 Å². The Morgan fingerprint density at radius 2 is 1.93 bits per heavy atom. The standard InChI is InChI=1S/C19H21N5O3S/c1-2-3-11-22-28(26,27)18-6-4-5-16(12-18)23-19(25)15-7-9-17(10-8-15)24-14-20-13-21-24/h4-10,12-14,22H,2-3,11H2,1H3,(H,23,25). The fourth-order valence-corrected chi connectivity index (χ4v) is 3.64. The van der Waals surface area contributed by atoms with Gasteiger partial charge in [-0.2, -0.15) is 5.10 Å². The third kappa shape index (κ3) is 4.81. The van der Waals surface area contributed by atoms with E-state index in [1.165, 1.54) is 18.5 Å².